The molecule has 1 unspecified atom stereocenters. The van der Waals surface area contributed by atoms with Gasteiger partial charge in [0.15, 0.2) is 11.9 Å². The lowest BCUT2D eigenvalue weighted by molar-refractivity contribution is -0.147. The number of Topliss-reactive ketones (excluding diaryl/α,β-unsaturated/α-hetero) is 1. The molecule has 0 radical (unpaired) electrons. The van der Waals surface area contributed by atoms with Gasteiger partial charge in [0.05, 0.1) is 18.1 Å². The number of ketones is 1. The van der Waals surface area contributed by atoms with Crippen molar-refractivity contribution in [1.29, 1.82) is 0 Å². The average Bonchev–Trinajstić information content (AvgIpc) is 2.46. The highest BCUT2D eigenvalue weighted by Crippen LogP contribution is 2.21. The third-order valence-corrected chi connectivity index (χ3v) is 3.02. The highest BCUT2D eigenvalue weighted by Gasteiger charge is 2.22. The van der Waals surface area contributed by atoms with Crippen LogP contribution in [-0.4, -0.2) is 40.4 Å². The lowest BCUT2D eigenvalue weighted by Gasteiger charge is -2.13. The normalized spacial score (nSPS) is 11.8. The van der Waals surface area contributed by atoms with Crippen LogP contribution < -0.4 is 0 Å². The van der Waals surface area contributed by atoms with Crippen LogP contribution in [0.2, 0.25) is 0 Å². The van der Waals surface area contributed by atoms with Crippen LogP contribution in [0, 0.1) is 0 Å². The Morgan fingerprint density at radius 1 is 1.33 bits per heavy atom. The molecule has 2 N–H and O–H groups in total. The summed E-state index contributed by atoms with van der Waals surface area (Å²) in [7, 11) is 0. The maximum absolute atomic E-state index is 11.7. The van der Waals surface area contributed by atoms with Gasteiger partial charge in [-0.1, -0.05) is 6.07 Å². The van der Waals surface area contributed by atoms with E-state index in [0.717, 1.165) is 0 Å². The Balaban J connectivity index is 3.22. The van der Waals surface area contributed by atoms with Gasteiger partial charge in [0.2, 0.25) is 0 Å². The van der Waals surface area contributed by atoms with Crippen molar-refractivity contribution in [1.82, 2.24) is 0 Å². The topological polar surface area (TPSA) is 101 Å². The molecule has 0 aliphatic rings. The van der Waals surface area contributed by atoms with Gasteiger partial charge in [0.25, 0.3) is 0 Å². The summed E-state index contributed by atoms with van der Waals surface area (Å²) in [6.45, 7) is 1.84. The number of hydrogen-bond donors (Lipinski definition) is 2. The van der Waals surface area contributed by atoms with E-state index in [1.807, 2.05) is 0 Å². The first kappa shape index (κ1) is 17.1. The minimum absolute atomic E-state index is 0.0500. The fourth-order valence-corrected chi connectivity index (χ4v) is 1.85. The molecule has 7 heteroatoms. The molecule has 0 aliphatic carbocycles. The third kappa shape index (κ3) is 4.54. The summed E-state index contributed by atoms with van der Waals surface area (Å²) in [5, 5.41) is 18.5. The van der Waals surface area contributed by atoms with Gasteiger partial charge in [0, 0.05) is 6.42 Å². The quantitative estimate of drug-likeness (QED) is 0.581. The van der Waals surface area contributed by atoms with Crippen LogP contribution in [0.25, 0.3) is 0 Å². The second kappa shape index (κ2) is 7.75. The fraction of sp³-hybridized carbons (Fsp3) is 0.357. The highest BCUT2D eigenvalue weighted by molar-refractivity contribution is 6.27. The number of aliphatic hydroxyl groups is 1. The average molecular weight is 315 g/mol. The first-order valence-corrected chi connectivity index (χ1v) is 6.72. The largest absolute Gasteiger partial charge is 0.479 e. The van der Waals surface area contributed by atoms with Gasteiger partial charge < -0.3 is 14.9 Å². The number of halogens is 1. The van der Waals surface area contributed by atoms with Crippen molar-refractivity contribution in [3.05, 3.63) is 34.9 Å². The van der Waals surface area contributed by atoms with Gasteiger partial charge >= 0.3 is 11.9 Å². The van der Waals surface area contributed by atoms with Gasteiger partial charge in [0.1, 0.15) is 0 Å². The van der Waals surface area contributed by atoms with Crippen molar-refractivity contribution in [2.45, 2.75) is 19.4 Å². The van der Waals surface area contributed by atoms with E-state index < -0.39 is 18.0 Å². The first-order chi connectivity index (χ1) is 9.90. The molecule has 1 rings (SSSR count). The summed E-state index contributed by atoms with van der Waals surface area (Å²) in [4.78, 5) is 34.0. The molecule has 0 bridgehead atoms. The number of carboxylic acid groups (broad SMARTS) is 1. The van der Waals surface area contributed by atoms with Gasteiger partial charge in [-0.3, -0.25) is 4.79 Å². The van der Waals surface area contributed by atoms with Gasteiger partial charge in [-0.15, -0.1) is 11.6 Å². The summed E-state index contributed by atoms with van der Waals surface area (Å²) in [5.74, 6) is -2.63. The Morgan fingerprint density at radius 3 is 2.52 bits per heavy atom. The lowest BCUT2D eigenvalue weighted by atomic mass is 9.96. The van der Waals surface area contributed by atoms with E-state index in [1.165, 1.54) is 18.2 Å². The maximum Gasteiger partial charge on any atom is 0.338 e. The molecule has 0 heterocycles. The molecule has 1 aromatic rings. The summed E-state index contributed by atoms with van der Waals surface area (Å²) < 4.78 is 4.83. The predicted molar refractivity (Wildman–Crippen MR) is 74.4 cm³/mol. The Bertz CT molecular complexity index is 554. The first-order valence-electron chi connectivity index (χ1n) is 6.19. The number of ether oxygens (including phenoxy) is 1. The number of alkyl halides is 1. The molecule has 114 valence electrons. The monoisotopic (exact) mass is 314 g/mol. The number of carboxylic acids is 1. The molecule has 21 heavy (non-hydrogen) atoms. The van der Waals surface area contributed by atoms with Crippen LogP contribution in [0.1, 0.15) is 34.5 Å². The number of rotatable bonds is 7. The molecular weight excluding hydrogens is 300 g/mol. The Labute approximate surface area is 126 Å². The zero-order chi connectivity index (χ0) is 16.0. The summed E-state index contributed by atoms with van der Waals surface area (Å²) in [5.41, 5.74) is 0.464. The molecule has 0 amide bonds. The summed E-state index contributed by atoms with van der Waals surface area (Å²) in [6.07, 6.45) is -1.95. The smallest absolute Gasteiger partial charge is 0.338 e. The maximum atomic E-state index is 11.7. The molecule has 1 atom stereocenters. The number of benzene rings is 1. The van der Waals surface area contributed by atoms with Crippen LogP contribution in [0.5, 0.6) is 0 Å². The minimum Gasteiger partial charge on any atom is -0.479 e. The van der Waals surface area contributed by atoms with Crippen molar-refractivity contribution in [3.8, 4) is 0 Å². The van der Waals surface area contributed by atoms with Gasteiger partial charge in [-0.05, 0) is 30.2 Å². The SMILES string of the molecule is CCOC(=O)c1ccc(C(O)C(=O)O)c(CC(=O)CCl)c1. The van der Waals surface area contributed by atoms with Crippen molar-refractivity contribution >= 4 is 29.3 Å². The molecule has 1 aromatic carbocycles. The van der Waals surface area contributed by atoms with Crippen LogP contribution in [-0.2, 0) is 20.7 Å². The van der Waals surface area contributed by atoms with Crippen molar-refractivity contribution in [2.24, 2.45) is 0 Å². The standard InChI is InChI=1S/C14H15ClO6/c1-2-21-14(20)8-3-4-11(12(17)13(18)19)9(5-8)6-10(16)7-15/h3-5,12,17H,2,6-7H2,1H3,(H,18,19). The second-order valence-corrected chi connectivity index (χ2v) is 4.49. The van der Waals surface area contributed by atoms with Crippen LogP contribution in [0.15, 0.2) is 18.2 Å². The fourth-order valence-electron chi connectivity index (χ4n) is 1.76. The summed E-state index contributed by atoms with van der Waals surface area (Å²) >= 11 is 5.43. The van der Waals surface area contributed by atoms with E-state index in [9.17, 15) is 19.5 Å². The van der Waals surface area contributed by atoms with Crippen molar-refractivity contribution in [2.75, 3.05) is 12.5 Å². The molecular formula is C14H15ClO6. The second-order valence-electron chi connectivity index (χ2n) is 4.22. The number of aliphatic carboxylic acids is 1. The molecule has 0 spiro atoms. The van der Waals surface area contributed by atoms with E-state index in [0.29, 0.717) is 0 Å². The van der Waals surface area contributed by atoms with E-state index >= 15 is 0 Å². The molecule has 0 saturated carbocycles. The number of carbonyl (C=O) groups is 3. The summed E-state index contributed by atoms with van der Waals surface area (Å²) in [6, 6.07) is 3.97. The van der Waals surface area contributed by atoms with Crippen molar-refractivity contribution in [3.63, 3.8) is 0 Å². The zero-order valence-corrected chi connectivity index (χ0v) is 12.1. The number of aliphatic hydroxyl groups excluding tert-OH is 1. The van der Waals surface area contributed by atoms with Crippen molar-refractivity contribution < 1.29 is 29.3 Å². The van der Waals surface area contributed by atoms with Gasteiger partial charge in [-0.2, -0.15) is 0 Å². The number of carbonyl (C=O) groups excluding carboxylic acids is 2. The lowest BCUT2D eigenvalue weighted by Crippen LogP contribution is -2.16. The zero-order valence-electron chi connectivity index (χ0n) is 11.3. The highest BCUT2D eigenvalue weighted by atomic mass is 35.5. The molecule has 0 aromatic heterocycles. The molecule has 0 aliphatic heterocycles. The van der Waals surface area contributed by atoms with E-state index in [1.54, 1.807) is 6.92 Å². The molecule has 0 fully saturated rings. The Kier molecular flexibility index (Phi) is 6.33. The number of hydrogen-bond acceptors (Lipinski definition) is 5. The van der Waals surface area contributed by atoms with E-state index in [-0.39, 0.29) is 41.4 Å². The minimum atomic E-state index is -1.78. The molecule has 0 saturated heterocycles. The van der Waals surface area contributed by atoms with Crippen LogP contribution in [0.4, 0.5) is 0 Å². The Morgan fingerprint density at radius 2 is 2.00 bits per heavy atom. The van der Waals surface area contributed by atoms with Crippen LogP contribution in [0.3, 0.4) is 0 Å². The van der Waals surface area contributed by atoms with E-state index in [2.05, 4.69) is 0 Å². The van der Waals surface area contributed by atoms with E-state index in [4.69, 9.17) is 21.4 Å². The van der Waals surface area contributed by atoms with Gasteiger partial charge in [-0.25, -0.2) is 9.59 Å². The Hall–Kier alpha value is -1.92. The molecule has 6 nitrogen and oxygen atoms in total. The third-order valence-electron chi connectivity index (χ3n) is 2.72. The number of esters is 1. The predicted octanol–water partition coefficient (Wildman–Crippen LogP) is 1.33. The van der Waals surface area contributed by atoms with Crippen LogP contribution >= 0.6 is 11.6 Å².